The maximum absolute atomic E-state index is 5.63. The Morgan fingerprint density at radius 2 is 1.94 bits per heavy atom. The molecule has 0 radical (unpaired) electrons. The van der Waals surface area contributed by atoms with Crippen LogP contribution >= 0.6 is 11.6 Å². The number of likely N-dealkylation sites (tertiary alicyclic amines) is 1. The molecular weight excluding hydrogens is 226 g/mol. The van der Waals surface area contributed by atoms with Gasteiger partial charge in [-0.15, -0.1) is 11.6 Å². The smallest absolute Gasteiger partial charge is 0.0605 e. The summed E-state index contributed by atoms with van der Waals surface area (Å²) in [6, 6.07) is 0. The van der Waals surface area contributed by atoms with Crippen molar-refractivity contribution in [3.63, 3.8) is 0 Å². The molecule has 0 N–H and O–H groups in total. The first-order valence-corrected chi connectivity index (χ1v) is 6.88. The number of piperidine rings is 1. The van der Waals surface area contributed by atoms with Crippen molar-refractivity contribution in [1.82, 2.24) is 4.90 Å². The summed E-state index contributed by atoms with van der Waals surface area (Å²) < 4.78 is 11.1. The summed E-state index contributed by atoms with van der Waals surface area (Å²) >= 11 is 5.60. The van der Waals surface area contributed by atoms with Crippen LogP contribution in [0.1, 0.15) is 26.2 Å². The van der Waals surface area contributed by atoms with Crippen LogP contribution in [0.3, 0.4) is 0 Å². The molecule has 1 rings (SSSR count). The minimum absolute atomic E-state index is 0.423. The van der Waals surface area contributed by atoms with E-state index in [2.05, 4.69) is 11.8 Å². The molecule has 0 bridgehead atoms. The van der Waals surface area contributed by atoms with Gasteiger partial charge in [0.25, 0.3) is 0 Å². The molecule has 1 aliphatic heterocycles. The van der Waals surface area contributed by atoms with Crippen LogP contribution in [-0.4, -0.2) is 56.3 Å². The third-order valence-electron chi connectivity index (χ3n) is 2.87. The Morgan fingerprint density at radius 3 is 2.56 bits per heavy atom. The zero-order chi connectivity index (χ0) is 11.6. The molecule has 1 saturated heterocycles. The van der Waals surface area contributed by atoms with E-state index in [0.717, 1.165) is 52.1 Å². The SMILES string of the molecule is CCCOCCN1CCC(OCCCl)CC1. The Morgan fingerprint density at radius 1 is 1.19 bits per heavy atom. The van der Waals surface area contributed by atoms with Gasteiger partial charge in [0.05, 0.1) is 19.3 Å². The van der Waals surface area contributed by atoms with Crippen molar-refractivity contribution in [2.75, 3.05) is 45.3 Å². The van der Waals surface area contributed by atoms with E-state index in [-0.39, 0.29) is 0 Å². The van der Waals surface area contributed by atoms with E-state index in [1.54, 1.807) is 0 Å². The number of alkyl halides is 1. The van der Waals surface area contributed by atoms with E-state index in [4.69, 9.17) is 21.1 Å². The molecule has 0 aromatic heterocycles. The highest BCUT2D eigenvalue weighted by molar-refractivity contribution is 6.17. The molecule has 0 unspecified atom stereocenters. The Kier molecular flexibility index (Phi) is 8.21. The summed E-state index contributed by atoms with van der Waals surface area (Å²) in [5, 5.41) is 0. The second kappa shape index (κ2) is 9.23. The maximum atomic E-state index is 5.63. The highest BCUT2D eigenvalue weighted by Crippen LogP contribution is 2.13. The average molecular weight is 250 g/mol. The molecule has 4 heteroatoms. The fourth-order valence-corrected chi connectivity index (χ4v) is 2.04. The van der Waals surface area contributed by atoms with Gasteiger partial charge in [-0.05, 0) is 19.3 Å². The van der Waals surface area contributed by atoms with Gasteiger partial charge in [0.2, 0.25) is 0 Å². The number of rotatable bonds is 8. The van der Waals surface area contributed by atoms with Crippen molar-refractivity contribution in [2.45, 2.75) is 32.3 Å². The monoisotopic (exact) mass is 249 g/mol. The zero-order valence-corrected chi connectivity index (χ0v) is 11.0. The van der Waals surface area contributed by atoms with Gasteiger partial charge >= 0.3 is 0 Å². The molecular formula is C12H24ClNO2. The lowest BCUT2D eigenvalue weighted by molar-refractivity contribution is 0.00769. The Hall–Kier alpha value is 0.170. The van der Waals surface area contributed by atoms with Gasteiger partial charge < -0.3 is 14.4 Å². The Balaban J connectivity index is 1.98. The van der Waals surface area contributed by atoms with Gasteiger partial charge in [0.15, 0.2) is 0 Å². The standard InChI is InChI=1S/C12H24ClNO2/c1-2-9-15-11-8-14-6-3-12(4-7-14)16-10-5-13/h12H,2-11H2,1H3. The van der Waals surface area contributed by atoms with Crippen LogP contribution in [0, 0.1) is 0 Å². The largest absolute Gasteiger partial charge is 0.380 e. The molecule has 0 aromatic rings. The molecule has 0 saturated carbocycles. The molecule has 16 heavy (non-hydrogen) atoms. The zero-order valence-electron chi connectivity index (χ0n) is 10.3. The molecule has 0 aromatic carbocycles. The van der Waals surface area contributed by atoms with Gasteiger partial charge in [0, 0.05) is 32.1 Å². The lowest BCUT2D eigenvalue weighted by Gasteiger charge is -2.31. The first-order valence-electron chi connectivity index (χ1n) is 6.34. The van der Waals surface area contributed by atoms with Crippen molar-refractivity contribution in [2.24, 2.45) is 0 Å². The van der Waals surface area contributed by atoms with E-state index >= 15 is 0 Å². The van der Waals surface area contributed by atoms with Crippen molar-refractivity contribution in [1.29, 1.82) is 0 Å². The van der Waals surface area contributed by atoms with Gasteiger partial charge in [-0.1, -0.05) is 6.92 Å². The van der Waals surface area contributed by atoms with Gasteiger partial charge in [0.1, 0.15) is 0 Å². The summed E-state index contributed by atoms with van der Waals surface area (Å²) in [4.78, 5) is 2.45. The van der Waals surface area contributed by atoms with Crippen LogP contribution in [0.5, 0.6) is 0 Å². The maximum Gasteiger partial charge on any atom is 0.0605 e. The van der Waals surface area contributed by atoms with E-state index in [1.165, 1.54) is 0 Å². The minimum atomic E-state index is 0.423. The van der Waals surface area contributed by atoms with E-state index in [1.807, 2.05) is 0 Å². The predicted molar refractivity (Wildman–Crippen MR) is 67.2 cm³/mol. The summed E-state index contributed by atoms with van der Waals surface area (Å²) in [6.07, 6.45) is 3.79. The topological polar surface area (TPSA) is 21.7 Å². The van der Waals surface area contributed by atoms with E-state index < -0.39 is 0 Å². The van der Waals surface area contributed by atoms with Crippen LogP contribution in [0.2, 0.25) is 0 Å². The lowest BCUT2D eigenvalue weighted by atomic mass is 10.1. The number of hydrogen-bond acceptors (Lipinski definition) is 3. The van der Waals surface area contributed by atoms with Crippen molar-refractivity contribution < 1.29 is 9.47 Å². The van der Waals surface area contributed by atoms with Crippen LogP contribution in [0.4, 0.5) is 0 Å². The number of ether oxygens (including phenoxy) is 2. The molecule has 96 valence electrons. The normalized spacial score (nSPS) is 19.1. The fourth-order valence-electron chi connectivity index (χ4n) is 1.95. The number of hydrogen-bond donors (Lipinski definition) is 0. The van der Waals surface area contributed by atoms with Gasteiger partial charge in [-0.3, -0.25) is 0 Å². The quantitative estimate of drug-likeness (QED) is 0.486. The van der Waals surface area contributed by atoms with E-state index in [9.17, 15) is 0 Å². The van der Waals surface area contributed by atoms with Crippen molar-refractivity contribution in [3.8, 4) is 0 Å². The molecule has 0 amide bonds. The molecule has 1 fully saturated rings. The minimum Gasteiger partial charge on any atom is -0.380 e. The summed E-state index contributed by atoms with van der Waals surface area (Å²) in [5.74, 6) is 0.602. The molecule has 0 atom stereocenters. The Bertz CT molecular complexity index is 161. The summed E-state index contributed by atoms with van der Waals surface area (Å²) in [6.45, 7) is 7.88. The average Bonchev–Trinajstić information content (AvgIpc) is 2.33. The fraction of sp³-hybridized carbons (Fsp3) is 1.00. The summed E-state index contributed by atoms with van der Waals surface area (Å²) in [5.41, 5.74) is 0. The van der Waals surface area contributed by atoms with Crippen LogP contribution < -0.4 is 0 Å². The Labute approximate surface area is 104 Å². The first-order chi connectivity index (χ1) is 7.86. The lowest BCUT2D eigenvalue weighted by Crippen LogP contribution is -2.39. The highest BCUT2D eigenvalue weighted by atomic mass is 35.5. The molecule has 1 aliphatic rings. The number of halogens is 1. The molecule has 1 heterocycles. The van der Waals surface area contributed by atoms with Crippen LogP contribution in [0.15, 0.2) is 0 Å². The second-order valence-corrected chi connectivity index (χ2v) is 4.59. The van der Waals surface area contributed by atoms with Crippen molar-refractivity contribution >= 4 is 11.6 Å². The van der Waals surface area contributed by atoms with Crippen LogP contribution in [-0.2, 0) is 9.47 Å². The van der Waals surface area contributed by atoms with E-state index in [0.29, 0.717) is 18.6 Å². The van der Waals surface area contributed by atoms with Crippen LogP contribution in [0.25, 0.3) is 0 Å². The van der Waals surface area contributed by atoms with Gasteiger partial charge in [-0.25, -0.2) is 0 Å². The van der Waals surface area contributed by atoms with Crippen molar-refractivity contribution in [3.05, 3.63) is 0 Å². The van der Waals surface area contributed by atoms with Gasteiger partial charge in [-0.2, -0.15) is 0 Å². The third kappa shape index (κ3) is 6.04. The highest BCUT2D eigenvalue weighted by Gasteiger charge is 2.18. The molecule has 0 spiro atoms. The summed E-state index contributed by atoms with van der Waals surface area (Å²) in [7, 11) is 0. The first kappa shape index (κ1) is 14.2. The second-order valence-electron chi connectivity index (χ2n) is 4.21. The molecule has 3 nitrogen and oxygen atoms in total. The predicted octanol–water partition coefficient (Wildman–Crippen LogP) is 2.13. The molecule has 0 aliphatic carbocycles. The number of nitrogens with zero attached hydrogens (tertiary/aromatic N) is 1. The third-order valence-corrected chi connectivity index (χ3v) is 3.02.